The van der Waals surface area contributed by atoms with E-state index in [-0.39, 0.29) is 18.6 Å². The molecule has 0 radical (unpaired) electrons. The third kappa shape index (κ3) is 1.30. The number of nitrogens with two attached hydrogens (primary N) is 1. The number of hydrogen-bond donors (Lipinski definition) is 3. The van der Waals surface area contributed by atoms with Gasteiger partial charge in [0.05, 0.1) is 13.2 Å². The lowest BCUT2D eigenvalue weighted by Crippen LogP contribution is -2.54. The summed E-state index contributed by atoms with van der Waals surface area (Å²) in [6.45, 7) is 0.245. The monoisotopic (exact) mass is 185 g/mol. The van der Waals surface area contributed by atoms with Gasteiger partial charge in [0, 0.05) is 11.5 Å². The fourth-order valence-electron chi connectivity index (χ4n) is 3.20. The minimum absolute atomic E-state index is 0.122. The number of rotatable bonds is 2. The maximum absolute atomic E-state index is 9.35. The van der Waals surface area contributed by atoms with Crippen molar-refractivity contribution in [3.63, 3.8) is 0 Å². The Labute approximate surface area is 78.9 Å². The van der Waals surface area contributed by atoms with Crippen LogP contribution in [0.25, 0.3) is 0 Å². The highest BCUT2D eigenvalue weighted by atomic mass is 16.3. The molecule has 3 rings (SSSR count). The van der Waals surface area contributed by atoms with Crippen LogP contribution >= 0.6 is 0 Å². The molecule has 13 heavy (non-hydrogen) atoms. The molecule has 0 spiro atoms. The Morgan fingerprint density at radius 2 is 1.92 bits per heavy atom. The van der Waals surface area contributed by atoms with Crippen LogP contribution < -0.4 is 5.73 Å². The van der Waals surface area contributed by atoms with Gasteiger partial charge in [-0.2, -0.15) is 0 Å². The second-order valence-electron chi connectivity index (χ2n) is 4.82. The molecule has 0 saturated heterocycles. The first-order valence-electron chi connectivity index (χ1n) is 5.19. The van der Waals surface area contributed by atoms with Gasteiger partial charge in [-0.05, 0) is 37.5 Å². The van der Waals surface area contributed by atoms with Gasteiger partial charge in [0.15, 0.2) is 0 Å². The topological polar surface area (TPSA) is 66.5 Å². The van der Waals surface area contributed by atoms with Crippen LogP contribution in [0.1, 0.15) is 25.7 Å². The molecular formula is C10H19NO2. The minimum atomic E-state index is -0.210. The van der Waals surface area contributed by atoms with Gasteiger partial charge in [0.2, 0.25) is 0 Å². The first-order chi connectivity index (χ1) is 6.22. The van der Waals surface area contributed by atoms with E-state index >= 15 is 0 Å². The highest BCUT2D eigenvalue weighted by Crippen LogP contribution is 2.51. The van der Waals surface area contributed by atoms with Gasteiger partial charge in [-0.1, -0.05) is 0 Å². The average molecular weight is 185 g/mol. The zero-order valence-corrected chi connectivity index (χ0v) is 7.95. The van der Waals surface area contributed by atoms with Gasteiger partial charge >= 0.3 is 0 Å². The molecule has 0 unspecified atom stereocenters. The summed E-state index contributed by atoms with van der Waals surface area (Å²) in [5.74, 6) is 0.979. The van der Waals surface area contributed by atoms with E-state index in [2.05, 4.69) is 0 Å². The van der Waals surface area contributed by atoms with Crippen LogP contribution in [-0.4, -0.2) is 29.5 Å². The number of hydrogen-bond acceptors (Lipinski definition) is 3. The van der Waals surface area contributed by atoms with Crippen molar-refractivity contribution < 1.29 is 10.2 Å². The molecule has 3 fully saturated rings. The maximum Gasteiger partial charge on any atom is 0.0512 e. The predicted molar refractivity (Wildman–Crippen MR) is 50.0 cm³/mol. The van der Waals surface area contributed by atoms with Crippen LogP contribution in [0.4, 0.5) is 0 Å². The molecule has 3 heteroatoms. The lowest BCUT2D eigenvalue weighted by atomic mass is 9.55. The molecule has 3 aliphatic rings. The quantitative estimate of drug-likeness (QED) is 0.572. The third-order valence-electron chi connectivity index (χ3n) is 4.21. The second-order valence-corrected chi connectivity index (χ2v) is 4.82. The fraction of sp³-hybridized carbons (Fsp3) is 1.00. The smallest absolute Gasteiger partial charge is 0.0512 e. The summed E-state index contributed by atoms with van der Waals surface area (Å²) in [7, 11) is 0. The number of aliphatic hydroxyl groups excluding tert-OH is 2. The summed E-state index contributed by atoms with van der Waals surface area (Å²) < 4.78 is 0. The molecule has 0 heterocycles. The molecule has 3 aliphatic carbocycles. The van der Waals surface area contributed by atoms with Crippen LogP contribution in [0.2, 0.25) is 0 Å². The Hall–Kier alpha value is -0.120. The summed E-state index contributed by atoms with van der Waals surface area (Å²) in [6.07, 6.45) is 4.24. The van der Waals surface area contributed by atoms with E-state index in [9.17, 15) is 10.2 Å². The van der Waals surface area contributed by atoms with Crippen LogP contribution in [0, 0.1) is 17.3 Å². The van der Waals surface area contributed by atoms with Crippen molar-refractivity contribution >= 4 is 0 Å². The molecule has 3 nitrogen and oxygen atoms in total. The van der Waals surface area contributed by atoms with Crippen molar-refractivity contribution in [3.8, 4) is 0 Å². The van der Waals surface area contributed by atoms with E-state index in [1.165, 1.54) is 6.42 Å². The SMILES string of the molecule is N[C@H]1C[C@H]2CC[C@@H]1CC2(CO)CO. The predicted octanol–water partition coefficient (Wildman–Crippen LogP) is 0.105. The summed E-state index contributed by atoms with van der Waals surface area (Å²) >= 11 is 0. The molecule has 0 aromatic rings. The van der Waals surface area contributed by atoms with Crippen molar-refractivity contribution in [2.45, 2.75) is 31.7 Å². The van der Waals surface area contributed by atoms with Gasteiger partial charge in [0.1, 0.15) is 0 Å². The van der Waals surface area contributed by atoms with Crippen molar-refractivity contribution in [1.29, 1.82) is 0 Å². The largest absolute Gasteiger partial charge is 0.396 e. The highest BCUT2D eigenvalue weighted by Gasteiger charge is 2.49. The van der Waals surface area contributed by atoms with Crippen molar-refractivity contribution in [2.75, 3.05) is 13.2 Å². The van der Waals surface area contributed by atoms with Crippen molar-refractivity contribution in [1.82, 2.24) is 0 Å². The van der Waals surface area contributed by atoms with Gasteiger partial charge in [-0.3, -0.25) is 0 Å². The Morgan fingerprint density at radius 3 is 2.31 bits per heavy atom. The Balaban J connectivity index is 2.17. The molecule has 3 saturated carbocycles. The van der Waals surface area contributed by atoms with E-state index in [0.717, 1.165) is 19.3 Å². The zero-order chi connectivity index (χ0) is 9.47. The summed E-state index contributed by atoms with van der Waals surface area (Å²) in [5.41, 5.74) is 5.78. The van der Waals surface area contributed by atoms with E-state index in [1.807, 2.05) is 0 Å². The second kappa shape index (κ2) is 3.23. The molecule has 0 aromatic heterocycles. The van der Waals surface area contributed by atoms with E-state index < -0.39 is 0 Å². The summed E-state index contributed by atoms with van der Waals surface area (Å²) in [6, 6.07) is 0.310. The summed E-state index contributed by atoms with van der Waals surface area (Å²) in [5, 5.41) is 18.7. The van der Waals surface area contributed by atoms with Gasteiger partial charge in [0.25, 0.3) is 0 Å². The Bertz CT molecular complexity index is 191. The first kappa shape index (κ1) is 9.44. The maximum atomic E-state index is 9.35. The standard InChI is InChI=1S/C10H19NO2/c11-9-3-8-2-1-7(9)4-10(8,5-12)6-13/h7-9,12-13H,1-6,11H2/t7-,8-,9+/m1/s1. The number of aliphatic hydroxyl groups is 2. The normalized spacial score (nSPS) is 42.2. The van der Waals surface area contributed by atoms with Crippen LogP contribution in [-0.2, 0) is 0 Å². The molecule has 2 bridgehead atoms. The molecule has 76 valence electrons. The lowest BCUT2D eigenvalue weighted by molar-refractivity contribution is -0.0815. The molecule has 4 N–H and O–H groups in total. The van der Waals surface area contributed by atoms with Gasteiger partial charge in [-0.25, -0.2) is 0 Å². The van der Waals surface area contributed by atoms with Gasteiger partial charge in [-0.15, -0.1) is 0 Å². The van der Waals surface area contributed by atoms with E-state index in [0.29, 0.717) is 17.9 Å². The summed E-state index contributed by atoms with van der Waals surface area (Å²) in [4.78, 5) is 0. The van der Waals surface area contributed by atoms with Crippen molar-refractivity contribution in [2.24, 2.45) is 23.0 Å². The van der Waals surface area contributed by atoms with Crippen molar-refractivity contribution in [3.05, 3.63) is 0 Å². The van der Waals surface area contributed by atoms with Gasteiger partial charge < -0.3 is 15.9 Å². The van der Waals surface area contributed by atoms with E-state index in [4.69, 9.17) is 5.73 Å². The molecular weight excluding hydrogens is 166 g/mol. The zero-order valence-electron chi connectivity index (χ0n) is 7.95. The average Bonchev–Trinajstić information content (AvgIpc) is 2.19. The van der Waals surface area contributed by atoms with Crippen LogP contribution in [0.15, 0.2) is 0 Å². The molecule has 3 atom stereocenters. The minimum Gasteiger partial charge on any atom is -0.396 e. The Morgan fingerprint density at radius 1 is 1.23 bits per heavy atom. The van der Waals surface area contributed by atoms with Crippen LogP contribution in [0.5, 0.6) is 0 Å². The molecule has 0 aromatic carbocycles. The fourth-order valence-corrected chi connectivity index (χ4v) is 3.20. The first-order valence-corrected chi connectivity index (χ1v) is 5.19. The molecule has 0 amide bonds. The number of fused-ring (bicyclic) bond motifs is 3. The third-order valence-corrected chi connectivity index (χ3v) is 4.21. The van der Waals surface area contributed by atoms with E-state index in [1.54, 1.807) is 0 Å². The Kier molecular flexibility index (Phi) is 2.34. The van der Waals surface area contributed by atoms with Crippen LogP contribution in [0.3, 0.4) is 0 Å². The lowest BCUT2D eigenvalue weighted by Gasteiger charge is -2.52. The highest BCUT2D eigenvalue weighted by molar-refractivity contribution is 5.01. The molecule has 0 aliphatic heterocycles.